The minimum Gasteiger partial charge on any atom is -0.462 e. The number of carbonyl (C=O) groups excluding carboxylic acids is 2. The second-order valence-electron chi connectivity index (χ2n) is 6.97. The van der Waals surface area contributed by atoms with Crippen molar-refractivity contribution in [3.8, 4) is 0 Å². The number of hydroxylamine groups is 2. The zero-order valence-corrected chi connectivity index (χ0v) is 17.3. The molecule has 0 spiro atoms. The summed E-state index contributed by atoms with van der Waals surface area (Å²) < 4.78 is 11.1. The number of hydrogen-bond donors (Lipinski definition) is 0. The van der Waals surface area contributed by atoms with E-state index in [9.17, 15) is 9.59 Å². The van der Waals surface area contributed by atoms with Crippen molar-refractivity contribution in [1.82, 2.24) is 5.06 Å². The maximum atomic E-state index is 12.4. The lowest BCUT2D eigenvalue weighted by Crippen LogP contribution is -2.42. The van der Waals surface area contributed by atoms with Gasteiger partial charge in [0.25, 0.3) is 5.91 Å². The van der Waals surface area contributed by atoms with Gasteiger partial charge in [0.2, 0.25) is 0 Å². The SMILES string of the molecule is CON(C)C(=O)[C@@H](C)[C@@H](CC/C(C)=C/COC(C)=O)O[Si](C)(C)C. The van der Waals surface area contributed by atoms with Crippen molar-refractivity contribution in [2.24, 2.45) is 5.92 Å². The van der Waals surface area contributed by atoms with Crippen LogP contribution in [0, 0.1) is 5.92 Å². The first kappa shape index (κ1) is 22.8. The van der Waals surface area contributed by atoms with Gasteiger partial charge in [0.15, 0.2) is 8.32 Å². The van der Waals surface area contributed by atoms with E-state index in [1.54, 1.807) is 7.05 Å². The van der Waals surface area contributed by atoms with Gasteiger partial charge in [-0.15, -0.1) is 0 Å². The lowest BCUT2D eigenvalue weighted by molar-refractivity contribution is -0.175. The number of amides is 1. The predicted octanol–water partition coefficient (Wildman–Crippen LogP) is 3.15. The van der Waals surface area contributed by atoms with E-state index >= 15 is 0 Å². The molecule has 0 aliphatic carbocycles. The molecular formula is C17H33NO5Si. The van der Waals surface area contributed by atoms with Crippen LogP contribution < -0.4 is 0 Å². The molecule has 2 atom stereocenters. The molecule has 0 N–H and O–H groups in total. The van der Waals surface area contributed by atoms with Gasteiger partial charge in [-0.05, 0) is 45.5 Å². The molecule has 6 nitrogen and oxygen atoms in total. The molecule has 7 heteroatoms. The average Bonchev–Trinajstić information content (AvgIpc) is 2.47. The summed E-state index contributed by atoms with van der Waals surface area (Å²) in [6, 6.07) is 0. The number of nitrogens with zero attached hydrogens (tertiary/aromatic N) is 1. The molecule has 0 saturated heterocycles. The van der Waals surface area contributed by atoms with E-state index in [4.69, 9.17) is 14.0 Å². The molecule has 0 rings (SSSR count). The first-order valence-electron chi connectivity index (χ1n) is 8.26. The van der Waals surface area contributed by atoms with Crippen LogP contribution in [0.1, 0.15) is 33.6 Å². The number of esters is 1. The fourth-order valence-electron chi connectivity index (χ4n) is 2.17. The molecule has 1 amide bonds. The topological polar surface area (TPSA) is 65.1 Å². The summed E-state index contributed by atoms with van der Waals surface area (Å²) in [6.45, 7) is 11.9. The monoisotopic (exact) mass is 359 g/mol. The number of allylic oxidation sites excluding steroid dienone is 1. The van der Waals surface area contributed by atoms with E-state index in [1.807, 2.05) is 19.9 Å². The fraction of sp³-hybridized carbons (Fsp3) is 0.765. The molecule has 0 aromatic rings. The number of rotatable bonds is 10. The van der Waals surface area contributed by atoms with Crippen LogP contribution in [0.3, 0.4) is 0 Å². The van der Waals surface area contributed by atoms with Crippen molar-refractivity contribution < 1.29 is 23.6 Å². The van der Waals surface area contributed by atoms with Gasteiger partial charge in [0, 0.05) is 14.0 Å². The highest BCUT2D eigenvalue weighted by Gasteiger charge is 2.31. The van der Waals surface area contributed by atoms with Gasteiger partial charge < -0.3 is 9.16 Å². The van der Waals surface area contributed by atoms with E-state index in [0.717, 1.165) is 18.4 Å². The van der Waals surface area contributed by atoms with Gasteiger partial charge in [-0.2, -0.15) is 0 Å². The van der Waals surface area contributed by atoms with E-state index in [0.29, 0.717) is 0 Å². The van der Waals surface area contributed by atoms with Crippen molar-refractivity contribution in [2.45, 2.75) is 59.4 Å². The third-order valence-corrected chi connectivity index (χ3v) is 4.59. The lowest BCUT2D eigenvalue weighted by atomic mass is 9.97. The molecule has 0 aliphatic rings. The summed E-state index contributed by atoms with van der Waals surface area (Å²) in [5.41, 5.74) is 1.11. The molecule has 24 heavy (non-hydrogen) atoms. The maximum Gasteiger partial charge on any atom is 0.302 e. The van der Waals surface area contributed by atoms with Crippen molar-refractivity contribution >= 4 is 20.2 Å². The Kier molecular flexibility index (Phi) is 10.1. The zero-order chi connectivity index (χ0) is 18.9. The van der Waals surface area contributed by atoms with Crippen LogP contribution in [0.15, 0.2) is 11.6 Å². The van der Waals surface area contributed by atoms with E-state index in [2.05, 4.69) is 19.6 Å². The molecule has 0 heterocycles. The van der Waals surface area contributed by atoms with Gasteiger partial charge in [-0.3, -0.25) is 14.4 Å². The van der Waals surface area contributed by atoms with E-state index in [1.165, 1.54) is 19.1 Å². The standard InChI is InChI=1S/C17H33NO5Si/c1-13(11-12-22-15(3)19)9-10-16(23-24(6,7)8)14(2)17(20)18(4)21-5/h11,14,16H,9-10,12H2,1-8H3/b13-11+/t14-,16+/m0/s1. The fourth-order valence-corrected chi connectivity index (χ4v) is 3.40. The first-order valence-corrected chi connectivity index (χ1v) is 11.7. The summed E-state index contributed by atoms with van der Waals surface area (Å²) in [5.74, 6) is -0.675. The van der Waals surface area contributed by atoms with E-state index in [-0.39, 0.29) is 30.5 Å². The van der Waals surface area contributed by atoms with Gasteiger partial charge in [-0.25, -0.2) is 5.06 Å². The van der Waals surface area contributed by atoms with Crippen molar-refractivity contribution in [3.63, 3.8) is 0 Å². The van der Waals surface area contributed by atoms with Gasteiger partial charge in [0.05, 0.1) is 19.1 Å². The summed E-state index contributed by atoms with van der Waals surface area (Å²) in [5, 5.41) is 1.24. The Morgan fingerprint density at radius 1 is 1.21 bits per heavy atom. The molecule has 0 aromatic carbocycles. The second kappa shape index (κ2) is 10.6. The Balaban J connectivity index is 4.84. The van der Waals surface area contributed by atoms with Crippen LogP contribution in [0.2, 0.25) is 19.6 Å². The predicted molar refractivity (Wildman–Crippen MR) is 96.8 cm³/mol. The molecule has 0 saturated carbocycles. The third kappa shape index (κ3) is 9.84. The Morgan fingerprint density at radius 3 is 2.25 bits per heavy atom. The van der Waals surface area contributed by atoms with Crippen LogP contribution in [0.4, 0.5) is 0 Å². The molecule has 0 bridgehead atoms. The minimum atomic E-state index is -1.79. The van der Waals surface area contributed by atoms with Gasteiger partial charge >= 0.3 is 5.97 Å². The summed E-state index contributed by atoms with van der Waals surface area (Å²) in [6.07, 6.45) is 3.24. The minimum absolute atomic E-state index is 0.0951. The van der Waals surface area contributed by atoms with Crippen LogP contribution in [-0.4, -0.2) is 52.1 Å². The van der Waals surface area contributed by atoms with Crippen LogP contribution in [0.5, 0.6) is 0 Å². The quantitative estimate of drug-likeness (QED) is 0.259. The lowest BCUT2D eigenvalue weighted by Gasteiger charge is -2.32. The average molecular weight is 360 g/mol. The Bertz CT molecular complexity index is 445. The van der Waals surface area contributed by atoms with Crippen LogP contribution in [-0.2, 0) is 23.6 Å². The largest absolute Gasteiger partial charge is 0.462 e. The number of carbonyl (C=O) groups is 2. The highest BCUT2D eigenvalue weighted by molar-refractivity contribution is 6.69. The molecule has 0 aliphatic heterocycles. The summed E-state index contributed by atoms with van der Waals surface area (Å²) in [4.78, 5) is 28.1. The highest BCUT2D eigenvalue weighted by Crippen LogP contribution is 2.22. The molecule has 0 aromatic heterocycles. The van der Waals surface area contributed by atoms with Gasteiger partial charge in [0.1, 0.15) is 6.61 Å². The number of ether oxygens (including phenoxy) is 1. The van der Waals surface area contributed by atoms with Crippen molar-refractivity contribution in [2.75, 3.05) is 20.8 Å². The third-order valence-electron chi connectivity index (χ3n) is 3.58. The molecule has 140 valence electrons. The Labute approximate surface area is 147 Å². The molecular weight excluding hydrogens is 326 g/mol. The van der Waals surface area contributed by atoms with Crippen molar-refractivity contribution in [1.29, 1.82) is 0 Å². The smallest absolute Gasteiger partial charge is 0.302 e. The van der Waals surface area contributed by atoms with Crippen molar-refractivity contribution in [3.05, 3.63) is 11.6 Å². The number of hydrogen-bond acceptors (Lipinski definition) is 5. The molecule has 0 unspecified atom stereocenters. The van der Waals surface area contributed by atoms with Crippen LogP contribution >= 0.6 is 0 Å². The second-order valence-corrected chi connectivity index (χ2v) is 11.4. The molecule has 0 fully saturated rings. The Morgan fingerprint density at radius 2 is 1.79 bits per heavy atom. The van der Waals surface area contributed by atoms with Crippen LogP contribution in [0.25, 0.3) is 0 Å². The zero-order valence-electron chi connectivity index (χ0n) is 16.3. The normalized spacial score (nSPS) is 14.9. The maximum absolute atomic E-state index is 12.4. The molecule has 0 radical (unpaired) electrons. The highest BCUT2D eigenvalue weighted by atomic mass is 28.4. The van der Waals surface area contributed by atoms with E-state index < -0.39 is 8.32 Å². The van der Waals surface area contributed by atoms with Gasteiger partial charge in [-0.1, -0.05) is 12.5 Å². The Hall–Kier alpha value is -1.18. The summed E-state index contributed by atoms with van der Waals surface area (Å²) >= 11 is 0. The first-order chi connectivity index (χ1) is 11.0. The summed E-state index contributed by atoms with van der Waals surface area (Å²) in [7, 11) is 1.29.